The molecule has 0 aromatic carbocycles. The SMILES string of the molecule is CC1(C)CCCCC1NC(=O)C1CC(O)CN1. The lowest BCUT2D eigenvalue weighted by atomic mass is 9.73. The zero-order valence-electron chi connectivity index (χ0n) is 10.8. The maximum Gasteiger partial charge on any atom is 0.237 e. The van der Waals surface area contributed by atoms with E-state index < -0.39 is 0 Å². The Labute approximate surface area is 103 Å². The number of carbonyl (C=O) groups excluding carboxylic acids is 1. The summed E-state index contributed by atoms with van der Waals surface area (Å²) in [7, 11) is 0. The number of hydrogen-bond donors (Lipinski definition) is 3. The molecule has 0 aromatic heterocycles. The van der Waals surface area contributed by atoms with Crippen molar-refractivity contribution in [2.24, 2.45) is 5.41 Å². The zero-order valence-corrected chi connectivity index (χ0v) is 10.8. The molecule has 3 N–H and O–H groups in total. The largest absolute Gasteiger partial charge is 0.392 e. The van der Waals surface area contributed by atoms with Gasteiger partial charge in [-0.05, 0) is 24.7 Å². The maximum absolute atomic E-state index is 12.1. The first-order valence-electron chi connectivity index (χ1n) is 6.71. The number of aliphatic hydroxyl groups is 1. The quantitative estimate of drug-likeness (QED) is 0.669. The minimum absolute atomic E-state index is 0.0570. The van der Waals surface area contributed by atoms with Crippen LogP contribution in [-0.4, -0.2) is 35.7 Å². The molecule has 1 saturated carbocycles. The van der Waals surface area contributed by atoms with Gasteiger partial charge in [0.15, 0.2) is 0 Å². The molecular formula is C13H24N2O2. The first kappa shape index (κ1) is 12.8. The standard InChI is InChI=1S/C13H24N2O2/c1-13(2)6-4-3-5-11(13)15-12(17)10-7-9(16)8-14-10/h9-11,14,16H,3-8H2,1-2H3,(H,15,17). The van der Waals surface area contributed by atoms with Crippen LogP contribution >= 0.6 is 0 Å². The number of aliphatic hydroxyl groups excluding tert-OH is 1. The summed E-state index contributed by atoms with van der Waals surface area (Å²) in [4.78, 5) is 12.1. The third kappa shape index (κ3) is 2.99. The number of hydrogen-bond acceptors (Lipinski definition) is 3. The van der Waals surface area contributed by atoms with E-state index in [4.69, 9.17) is 0 Å². The van der Waals surface area contributed by atoms with E-state index in [-0.39, 0.29) is 29.5 Å². The van der Waals surface area contributed by atoms with Crippen molar-refractivity contribution in [2.45, 2.75) is 64.1 Å². The first-order chi connectivity index (χ1) is 7.99. The molecule has 2 aliphatic rings. The maximum atomic E-state index is 12.1. The van der Waals surface area contributed by atoms with Gasteiger partial charge in [-0.3, -0.25) is 4.79 Å². The Bertz CT molecular complexity index is 291. The molecule has 1 saturated heterocycles. The van der Waals surface area contributed by atoms with Gasteiger partial charge in [0.1, 0.15) is 0 Å². The minimum atomic E-state index is -0.370. The highest BCUT2D eigenvalue weighted by Crippen LogP contribution is 2.35. The van der Waals surface area contributed by atoms with Gasteiger partial charge < -0.3 is 15.7 Å². The normalized spacial score (nSPS) is 36.8. The number of amides is 1. The number of nitrogens with one attached hydrogen (secondary N) is 2. The molecule has 4 heteroatoms. The molecule has 0 spiro atoms. The molecule has 2 rings (SSSR count). The van der Waals surface area contributed by atoms with E-state index in [9.17, 15) is 9.90 Å². The van der Waals surface area contributed by atoms with Crippen molar-refractivity contribution in [3.05, 3.63) is 0 Å². The molecule has 17 heavy (non-hydrogen) atoms. The lowest BCUT2D eigenvalue weighted by Gasteiger charge is -2.39. The summed E-state index contributed by atoms with van der Waals surface area (Å²) in [6.07, 6.45) is 4.89. The first-order valence-corrected chi connectivity index (χ1v) is 6.71. The second kappa shape index (κ2) is 4.94. The van der Waals surface area contributed by atoms with Crippen molar-refractivity contribution in [1.29, 1.82) is 0 Å². The van der Waals surface area contributed by atoms with Crippen LogP contribution in [0.2, 0.25) is 0 Å². The predicted molar refractivity (Wildman–Crippen MR) is 66.6 cm³/mol. The van der Waals surface area contributed by atoms with Gasteiger partial charge in [0.05, 0.1) is 12.1 Å². The van der Waals surface area contributed by atoms with E-state index >= 15 is 0 Å². The Morgan fingerprint density at radius 1 is 1.41 bits per heavy atom. The fourth-order valence-corrected chi connectivity index (χ4v) is 2.95. The summed E-state index contributed by atoms with van der Waals surface area (Å²) in [6, 6.07) is 0.0750. The van der Waals surface area contributed by atoms with E-state index in [1.807, 2.05) is 0 Å². The molecule has 1 aliphatic heterocycles. The van der Waals surface area contributed by atoms with Crippen molar-refractivity contribution in [1.82, 2.24) is 10.6 Å². The van der Waals surface area contributed by atoms with Crippen LogP contribution in [0.4, 0.5) is 0 Å². The van der Waals surface area contributed by atoms with Crippen LogP contribution in [0.25, 0.3) is 0 Å². The van der Waals surface area contributed by atoms with Gasteiger partial charge in [0.2, 0.25) is 5.91 Å². The minimum Gasteiger partial charge on any atom is -0.392 e. The van der Waals surface area contributed by atoms with Crippen LogP contribution in [0.3, 0.4) is 0 Å². The van der Waals surface area contributed by atoms with Crippen LogP contribution in [0, 0.1) is 5.41 Å². The van der Waals surface area contributed by atoms with Crippen molar-refractivity contribution in [2.75, 3.05) is 6.54 Å². The second-order valence-electron chi connectivity index (χ2n) is 6.15. The van der Waals surface area contributed by atoms with Gasteiger partial charge in [-0.15, -0.1) is 0 Å². The zero-order chi connectivity index (χ0) is 12.5. The highest BCUT2D eigenvalue weighted by atomic mass is 16.3. The molecule has 1 amide bonds. The van der Waals surface area contributed by atoms with Gasteiger partial charge in [-0.25, -0.2) is 0 Å². The van der Waals surface area contributed by atoms with Gasteiger partial charge in [0.25, 0.3) is 0 Å². The Balaban J connectivity index is 1.89. The molecule has 1 aliphatic carbocycles. The topological polar surface area (TPSA) is 61.4 Å². The van der Waals surface area contributed by atoms with E-state index in [0.29, 0.717) is 13.0 Å². The molecule has 3 unspecified atom stereocenters. The molecule has 3 atom stereocenters. The Morgan fingerprint density at radius 2 is 2.18 bits per heavy atom. The third-order valence-electron chi connectivity index (χ3n) is 4.25. The summed E-state index contributed by atoms with van der Waals surface area (Å²) in [6.45, 7) is 4.99. The Hall–Kier alpha value is -0.610. The molecule has 98 valence electrons. The average Bonchev–Trinajstić information content (AvgIpc) is 2.68. The monoisotopic (exact) mass is 240 g/mol. The Morgan fingerprint density at radius 3 is 2.76 bits per heavy atom. The lowest BCUT2D eigenvalue weighted by molar-refractivity contribution is -0.124. The number of carbonyl (C=O) groups is 1. The molecule has 0 aromatic rings. The van der Waals surface area contributed by atoms with Gasteiger partial charge >= 0.3 is 0 Å². The highest BCUT2D eigenvalue weighted by Gasteiger charge is 2.36. The summed E-state index contributed by atoms with van der Waals surface area (Å²) in [5, 5.41) is 15.6. The van der Waals surface area contributed by atoms with Crippen LogP contribution in [0.15, 0.2) is 0 Å². The van der Waals surface area contributed by atoms with E-state index in [1.54, 1.807) is 0 Å². The summed E-state index contributed by atoms with van der Waals surface area (Å²) in [5.74, 6) is 0.0570. The lowest BCUT2D eigenvalue weighted by Crippen LogP contribution is -2.51. The fraction of sp³-hybridized carbons (Fsp3) is 0.923. The highest BCUT2D eigenvalue weighted by molar-refractivity contribution is 5.82. The fourth-order valence-electron chi connectivity index (χ4n) is 2.95. The van der Waals surface area contributed by atoms with E-state index in [0.717, 1.165) is 6.42 Å². The molecule has 4 nitrogen and oxygen atoms in total. The smallest absolute Gasteiger partial charge is 0.237 e. The summed E-state index contributed by atoms with van der Waals surface area (Å²) < 4.78 is 0. The van der Waals surface area contributed by atoms with Crippen molar-refractivity contribution >= 4 is 5.91 Å². The van der Waals surface area contributed by atoms with E-state index in [1.165, 1.54) is 19.3 Å². The predicted octanol–water partition coefficient (Wildman–Crippen LogP) is 0.794. The molecular weight excluding hydrogens is 216 g/mol. The van der Waals surface area contributed by atoms with Gasteiger partial charge in [-0.1, -0.05) is 26.7 Å². The van der Waals surface area contributed by atoms with Crippen LogP contribution in [0.1, 0.15) is 46.0 Å². The third-order valence-corrected chi connectivity index (χ3v) is 4.25. The van der Waals surface area contributed by atoms with Crippen LogP contribution in [0.5, 0.6) is 0 Å². The van der Waals surface area contributed by atoms with Crippen molar-refractivity contribution < 1.29 is 9.90 Å². The van der Waals surface area contributed by atoms with E-state index in [2.05, 4.69) is 24.5 Å². The van der Waals surface area contributed by atoms with Gasteiger partial charge in [-0.2, -0.15) is 0 Å². The summed E-state index contributed by atoms with van der Waals surface area (Å²) in [5.41, 5.74) is 0.200. The van der Waals surface area contributed by atoms with Crippen LogP contribution in [-0.2, 0) is 4.79 Å². The molecule has 2 fully saturated rings. The molecule has 0 radical (unpaired) electrons. The van der Waals surface area contributed by atoms with Crippen molar-refractivity contribution in [3.63, 3.8) is 0 Å². The van der Waals surface area contributed by atoms with Gasteiger partial charge in [0, 0.05) is 12.6 Å². The molecule has 0 bridgehead atoms. The number of β-amino-alcohol motifs (C(OH)–C–C–N with tert-alkyl or cyclic N) is 1. The second-order valence-corrected chi connectivity index (χ2v) is 6.15. The average molecular weight is 240 g/mol. The Kier molecular flexibility index (Phi) is 3.73. The molecule has 1 heterocycles. The van der Waals surface area contributed by atoms with Crippen molar-refractivity contribution in [3.8, 4) is 0 Å². The summed E-state index contributed by atoms with van der Waals surface area (Å²) >= 11 is 0. The number of rotatable bonds is 2. The van der Waals surface area contributed by atoms with Crippen LogP contribution < -0.4 is 10.6 Å².